The van der Waals surface area contributed by atoms with E-state index < -0.39 is 0 Å². The number of thiophene rings is 1. The summed E-state index contributed by atoms with van der Waals surface area (Å²) in [6.45, 7) is 1.52. The summed E-state index contributed by atoms with van der Waals surface area (Å²) in [5, 5.41) is 2.82. The molecule has 3 heterocycles. The highest BCUT2D eigenvalue weighted by atomic mass is 32.1. The molecule has 3 aromatic rings. The van der Waals surface area contributed by atoms with E-state index in [1.807, 2.05) is 28.5 Å². The Morgan fingerprint density at radius 3 is 3.04 bits per heavy atom. The van der Waals surface area contributed by atoms with Crippen LogP contribution in [0.25, 0.3) is 10.9 Å². The molecular formula is C18H17FN2OS. The molecule has 0 aliphatic carbocycles. The number of piperidine rings is 1. The van der Waals surface area contributed by atoms with E-state index in [9.17, 15) is 9.18 Å². The molecule has 0 radical (unpaired) electrons. The Morgan fingerprint density at radius 2 is 2.22 bits per heavy atom. The minimum atomic E-state index is -0.221. The van der Waals surface area contributed by atoms with Crippen LogP contribution in [0, 0.1) is 5.82 Å². The first kappa shape index (κ1) is 14.5. The van der Waals surface area contributed by atoms with Crippen molar-refractivity contribution in [2.45, 2.75) is 18.8 Å². The number of likely N-dealkylation sites (tertiary alicyclic amines) is 1. The van der Waals surface area contributed by atoms with E-state index in [2.05, 4.69) is 4.98 Å². The summed E-state index contributed by atoms with van der Waals surface area (Å²) in [5.41, 5.74) is 2.04. The third-order valence-electron chi connectivity index (χ3n) is 4.48. The Bertz CT molecular complexity index is 840. The van der Waals surface area contributed by atoms with E-state index in [1.165, 1.54) is 17.4 Å². The molecule has 0 saturated carbocycles. The van der Waals surface area contributed by atoms with Crippen molar-refractivity contribution >= 4 is 28.1 Å². The predicted molar refractivity (Wildman–Crippen MR) is 90.5 cm³/mol. The monoisotopic (exact) mass is 328 g/mol. The zero-order valence-electron chi connectivity index (χ0n) is 12.6. The first-order valence-electron chi connectivity index (χ1n) is 7.81. The third-order valence-corrected chi connectivity index (χ3v) is 5.34. The van der Waals surface area contributed by atoms with Crippen LogP contribution in [-0.4, -0.2) is 28.9 Å². The first-order chi connectivity index (χ1) is 11.2. The van der Waals surface area contributed by atoms with Gasteiger partial charge in [0, 0.05) is 35.6 Å². The normalized spacial score (nSPS) is 18.5. The van der Waals surface area contributed by atoms with Gasteiger partial charge in [-0.2, -0.15) is 0 Å². The number of aromatic amines is 1. The number of amides is 1. The number of fused-ring (bicyclic) bond motifs is 1. The summed E-state index contributed by atoms with van der Waals surface area (Å²) in [4.78, 5) is 18.6. The van der Waals surface area contributed by atoms with Crippen LogP contribution in [0.3, 0.4) is 0 Å². The van der Waals surface area contributed by atoms with Crippen LogP contribution in [0.2, 0.25) is 0 Å². The molecule has 1 aliphatic rings. The van der Waals surface area contributed by atoms with Crippen LogP contribution in [0.1, 0.15) is 34.1 Å². The molecule has 1 saturated heterocycles. The van der Waals surface area contributed by atoms with Gasteiger partial charge in [-0.25, -0.2) is 4.39 Å². The molecule has 5 heteroatoms. The number of nitrogens with one attached hydrogen (secondary N) is 1. The zero-order chi connectivity index (χ0) is 15.8. The summed E-state index contributed by atoms with van der Waals surface area (Å²) >= 11 is 1.49. The zero-order valence-corrected chi connectivity index (χ0v) is 13.4. The Hall–Kier alpha value is -2.14. The Morgan fingerprint density at radius 1 is 1.30 bits per heavy atom. The summed E-state index contributed by atoms with van der Waals surface area (Å²) in [7, 11) is 0. The van der Waals surface area contributed by atoms with Crippen LogP contribution in [0.5, 0.6) is 0 Å². The molecule has 23 heavy (non-hydrogen) atoms. The van der Waals surface area contributed by atoms with Gasteiger partial charge in [0.2, 0.25) is 0 Å². The number of rotatable bonds is 2. The number of carbonyl (C=O) groups excluding carboxylic acids is 1. The lowest BCUT2D eigenvalue weighted by atomic mass is 9.94. The fourth-order valence-corrected chi connectivity index (χ4v) is 4.01. The Kier molecular flexibility index (Phi) is 3.65. The Balaban J connectivity index is 1.57. The number of halogens is 1. The average molecular weight is 328 g/mol. The molecule has 0 spiro atoms. The number of aromatic nitrogens is 1. The van der Waals surface area contributed by atoms with Gasteiger partial charge in [0.25, 0.3) is 5.91 Å². The first-order valence-corrected chi connectivity index (χ1v) is 8.69. The number of nitrogens with zero attached hydrogens (tertiary/aromatic N) is 1. The molecule has 1 fully saturated rings. The van der Waals surface area contributed by atoms with Crippen molar-refractivity contribution in [3.8, 4) is 0 Å². The predicted octanol–water partition coefficient (Wildman–Crippen LogP) is 4.39. The second-order valence-electron chi connectivity index (χ2n) is 6.02. The van der Waals surface area contributed by atoms with Crippen LogP contribution < -0.4 is 0 Å². The second kappa shape index (κ2) is 5.81. The minimum absolute atomic E-state index is 0.117. The summed E-state index contributed by atoms with van der Waals surface area (Å²) in [5.74, 6) is 0.177. The highest BCUT2D eigenvalue weighted by molar-refractivity contribution is 7.12. The van der Waals surface area contributed by atoms with Gasteiger partial charge < -0.3 is 9.88 Å². The lowest BCUT2D eigenvalue weighted by Crippen LogP contribution is -2.38. The minimum Gasteiger partial charge on any atom is -0.358 e. The van der Waals surface area contributed by atoms with Crippen molar-refractivity contribution in [3.05, 3.63) is 58.2 Å². The average Bonchev–Trinajstić information content (AvgIpc) is 3.23. The van der Waals surface area contributed by atoms with Crippen molar-refractivity contribution in [2.75, 3.05) is 13.1 Å². The fourth-order valence-electron chi connectivity index (χ4n) is 3.32. The highest BCUT2D eigenvalue weighted by Gasteiger charge is 2.26. The van der Waals surface area contributed by atoms with Gasteiger partial charge in [0.05, 0.1) is 4.88 Å². The standard InChI is InChI=1S/C18H17FN2OS/c19-14-5-6-15-13(9-14)10-16(20-15)12-3-1-7-21(11-12)18(22)17-4-2-8-23-17/h2,4-6,8-10,12,20H,1,3,7,11H2. The molecule has 1 aliphatic heterocycles. The smallest absolute Gasteiger partial charge is 0.263 e. The van der Waals surface area contributed by atoms with Crippen molar-refractivity contribution in [1.82, 2.24) is 9.88 Å². The van der Waals surface area contributed by atoms with Crippen LogP contribution in [-0.2, 0) is 0 Å². The lowest BCUT2D eigenvalue weighted by Gasteiger charge is -2.32. The second-order valence-corrected chi connectivity index (χ2v) is 6.97. The molecule has 0 bridgehead atoms. The molecule has 1 aromatic carbocycles. The topological polar surface area (TPSA) is 36.1 Å². The molecule has 118 valence electrons. The number of hydrogen-bond donors (Lipinski definition) is 1. The van der Waals surface area contributed by atoms with E-state index in [0.717, 1.165) is 40.9 Å². The van der Waals surface area contributed by atoms with E-state index >= 15 is 0 Å². The van der Waals surface area contributed by atoms with Crippen molar-refractivity contribution in [1.29, 1.82) is 0 Å². The summed E-state index contributed by atoms with van der Waals surface area (Å²) in [6, 6.07) is 10.6. The highest BCUT2D eigenvalue weighted by Crippen LogP contribution is 2.30. The van der Waals surface area contributed by atoms with Crippen molar-refractivity contribution in [2.24, 2.45) is 0 Å². The fraction of sp³-hybridized carbons (Fsp3) is 0.278. The van der Waals surface area contributed by atoms with E-state index in [4.69, 9.17) is 0 Å². The molecule has 1 atom stereocenters. The molecule has 1 amide bonds. The molecule has 1 N–H and O–H groups in total. The van der Waals surface area contributed by atoms with Gasteiger partial charge in [-0.1, -0.05) is 6.07 Å². The third kappa shape index (κ3) is 2.77. The molecule has 4 rings (SSSR count). The maximum atomic E-state index is 13.3. The quantitative estimate of drug-likeness (QED) is 0.744. The van der Waals surface area contributed by atoms with Crippen molar-refractivity contribution in [3.63, 3.8) is 0 Å². The molecule has 3 nitrogen and oxygen atoms in total. The van der Waals surface area contributed by atoms with Crippen LogP contribution >= 0.6 is 11.3 Å². The van der Waals surface area contributed by atoms with Gasteiger partial charge in [-0.05, 0) is 48.6 Å². The van der Waals surface area contributed by atoms with E-state index in [-0.39, 0.29) is 17.6 Å². The van der Waals surface area contributed by atoms with Crippen molar-refractivity contribution < 1.29 is 9.18 Å². The number of H-pyrrole nitrogens is 1. The number of carbonyl (C=O) groups is 1. The Labute approximate surface area is 137 Å². The maximum absolute atomic E-state index is 13.3. The number of benzene rings is 1. The summed E-state index contributed by atoms with van der Waals surface area (Å²) in [6.07, 6.45) is 2.04. The van der Waals surface area contributed by atoms with Gasteiger partial charge in [0.1, 0.15) is 5.82 Å². The van der Waals surface area contributed by atoms with E-state index in [1.54, 1.807) is 12.1 Å². The largest absolute Gasteiger partial charge is 0.358 e. The SMILES string of the molecule is O=C(c1cccs1)N1CCCC(c2cc3cc(F)ccc3[nH]2)C1. The number of hydrogen-bond acceptors (Lipinski definition) is 2. The lowest BCUT2D eigenvalue weighted by molar-refractivity contribution is 0.0711. The van der Waals surface area contributed by atoms with Gasteiger partial charge in [-0.3, -0.25) is 4.79 Å². The van der Waals surface area contributed by atoms with Gasteiger partial charge in [0.15, 0.2) is 0 Å². The maximum Gasteiger partial charge on any atom is 0.263 e. The molecule has 1 unspecified atom stereocenters. The van der Waals surface area contributed by atoms with Crippen LogP contribution in [0.15, 0.2) is 41.8 Å². The molecule has 2 aromatic heterocycles. The van der Waals surface area contributed by atoms with Gasteiger partial charge in [-0.15, -0.1) is 11.3 Å². The molecular weight excluding hydrogens is 311 g/mol. The van der Waals surface area contributed by atoms with Gasteiger partial charge >= 0.3 is 0 Å². The summed E-state index contributed by atoms with van der Waals surface area (Å²) < 4.78 is 13.3. The van der Waals surface area contributed by atoms with Crippen LogP contribution in [0.4, 0.5) is 4.39 Å². The van der Waals surface area contributed by atoms with E-state index in [0.29, 0.717) is 6.54 Å².